The molecule has 0 atom stereocenters. The van der Waals surface area contributed by atoms with E-state index in [4.69, 9.17) is 0 Å². The van der Waals surface area contributed by atoms with Crippen molar-refractivity contribution < 1.29 is 9.13 Å². The number of halogens is 3. The highest BCUT2D eigenvalue weighted by atomic mass is 79.9. The molecule has 0 aliphatic heterocycles. The summed E-state index contributed by atoms with van der Waals surface area (Å²) in [5, 5.41) is 0. The summed E-state index contributed by atoms with van der Waals surface area (Å²) in [6, 6.07) is 6.94. The van der Waals surface area contributed by atoms with E-state index in [1.165, 1.54) is 25.3 Å². The maximum atomic E-state index is 12.4. The second-order valence-electron chi connectivity index (χ2n) is 1.66. The van der Waals surface area contributed by atoms with E-state index in [9.17, 15) is 4.39 Å². The van der Waals surface area contributed by atoms with E-state index >= 15 is 0 Å². The van der Waals surface area contributed by atoms with Gasteiger partial charge in [0.15, 0.2) is 11.6 Å². The Morgan fingerprint density at radius 3 is 2.50 bits per heavy atom. The van der Waals surface area contributed by atoms with E-state index in [0.717, 1.165) is 0 Å². The maximum Gasteiger partial charge on any atom is 0.560 e. The van der Waals surface area contributed by atoms with Gasteiger partial charge in [0.2, 0.25) is 0 Å². The van der Waals surface area contributed by atoms with E-state index in [-0.39, 0.29) is 27.6 Å². The van der Waals surface area contributed by atoms with Crippen LogP contribution in [-0.4, -0.2) is 23.1 Å². The molecule has 1 aromatic rings. The average Bonchev–Trinajstić information content (AvgIpc) is 2.07. The minimum Gasteiger partial charge on any atom is -0.494 e. The molecule has 12 heavy (non-hydrogen) atoms. The summed E-state index contributed by atoms with van der Waals surface area (Å²) >= 11 is 6.44. The Morgan fingerprint density at radius 1 is 1.58 bits per heavy atom. The molecule has 0 bridgehead atoms. The fourth-order valence-electron chi connectivity index (χ4n) is 0.553. The molecule has 0 unspecified atom stereocenters. The van der Waals surface area contributed by atoms with Crippen LogP contribution in [0.15, 0.2) is 18.2 Å². The molecule has 0 aliphatic carbocycles. The molecule has 0 spiro atoms. The van der Waals surface area contributed by atoms with Crippen molar-refractivity contribution in [3.8, 4) is 5.75 Å². The van der Waals surface area contributed by atoms with Gasteiger partial charge in [-0.3, -0.25) is 25.8 Å². The third-order valence-electron chi connectivity index (χ3n) is 0.996. The van der Waals surface area contributed by atoms with Crippen molar-refractivity contribution in [2.24, 2.45) is 0 Å². The van der Waals surface area contributed by atoms with Gasteiger partial charge in [0.05, 0.1) is 7.11 Å². The molecule has 0 heterocycles. The first-order valence-corrected chi connectivity index (χ1v) is 10.9. The molecule has 0 saturated carbocycles. The fourth-order valence-corrected chi connectivity index (χ4v) is 0.553. The number of methoxy groups -OCH3 is 1. The van der Waals surface area contributed by atoms with Crippen LogP contribution in [0.3, 0.4) is 0 Å². The minimum absolute atomic E-state index is 0.0417. The molecule has 0 fully saturated rings. The highest BCUT2D eigenvalue weighted by molar-refractivity contribution is 9.47. The van der Waals surface area contributed by atoms with Crippen LogP contribution >= 0.6 is 25.8 Å². The average molecular weight is 309 g/mol. The Labute approximate surface area is 93.1 Å². The zero-order valence-corrected chi connectivity index (χ0v) is 11.1. The van der Waals surface area contributed by atoms with Gasteiger partial charge < -0.3 is 4.74 Å². The summed E-state index contributed by atoms with van der Waals surface area (Å²) in [5.74, 6) is -0.117. The molecule has 1 radical (unpaired) electrons. The van der Waals surface area contributed by atoms with Gasteiger partial charge in [-0.1, -0.05) is 6.07 Å². The maximum absolute atomic E-state index is 12.4. The second kappa shape index (κ2) is 8.28. The van der Waals surface area contributed by atoms with Gasteiger partial charge in [-0.15, -0.1) is 0 Å². The Balaban J connectivity index is 0.000000354. The lowest BCUT2D eigenvalue weighted by atomic mass is 10.3. The summed E-state index contributed by atoms with van der Waals surface area (Å²) in [5.41, 5.74) is 0. The van der Waals surface area contributed by atoms with Gasteiger partial charge in [0.25, 0.3) is 0 Å². The van der Waals surface area contributed by atoms with Crippen LogP contribution in [0.2, 0.25) is 0 Å². The summed E-state index contributed by atoms with van der Waals surface area (Å²) in [6.45, 7) is 0. The first-order chi connectivity index (χ1) is 5.76. The van der Waals surface area contributed by atoms with Gasteiger partial charge >= 0.3 is 16.0 Å². The Morgan fingerprint density at radius 2 is 2.17 bits per heavy atom. The zero-order chi connectivity index (χ0) is 9.40. The van der Waals surface area contributed by atoms with E-state index in [2.05, 4.69) is 36.6 Å². The van der Waals surface area contributed by atoms with Gasteiger partial charge in [0, 0.05) is 0 Å². The normalized spacial score (nSPS) is 7.67. The Bertz CT molecular complexity index is 222. The monoisotopic (exact) mass is 307 g/mol. The Hall–Kier alpha value is 0.676. The van der Waals surface area contributed by atoms with Crippen LogP contribution in [0, 0.1) is 11.9 Å². The topological polar surface area (TPSA) is 9.23 Å². The lowest BCUT2D eigenvalue weighted by Crippen LogP contribution is -1.85. The van der Waals surface area contributed by atoms with Crippen LogP contribution in [-0.2, 0) is 0 Å². The van der Waals surface area contributed by atoms with Gasteiger partial charge in [-0.2, -0.15) is 0 Å². The second-order valence-corrected chi connectivity index (χ2v) is 9.74. The quantitative estimate of drug-likeness (QED) is 0.725. The van der Waals surface area contributed by atoms with Crippen LogP contribution in [0.25, 0.3) is 0 Å². The zero-order valence-electron chi connectivity index (χ0n) is 6.48. The Kier molecular flexibility index (Phi) is 8.75. The van der Waals surface area contributed by atoms with E-state index < -0.39 is 0 Å². The van der Waals surface area contributed by atoms with Crippen molar-refractivity contribution in [2.75, 3.05) is 7.11 Å². The van der Waals surface area contributed by atoms with Crippen LogP contribution < -0.4 is 4.74 Å². The van der Waals surface area contributed by atoms with E-state index in [0.29, 0.717) is 0 Å². The van der Waals surface area contributed by atoms with Gasteiger partial charge in [-0.25, -0.2) is 4.39 Å². The van der Waals surface area contributed by atoms with Crippen molar-refractivity contribution in [2.45, 2.75) is 0 Å². The number of hydrogen-bond donors (Lipinski definition) is 0. The van der Waals surface area contributed by atoms with Crippen LogP contribution in [0.1, 0.15) is 0 Å². The summed E-state index contributed by atoms with van der Waals surface area (Å²) in [6.07, 6.45) is 0. The highest BCUT2D eigenvalue weighted by Gasteiger charge is 1.95. The van der Waals surface area contributed by atoms with Crippen LogP contribution in [0.5, 0.6) is 5.75 Å². The van der Waals surface area contributed by atoms with Crippen LogP contribution in [0.4, 0.5) is 4.39 Å². The standard InChI is InChI=1S/C7H6FO.2BrH.Mg/c1-9-7-5-3-2-4-6(7)8;;;/h2,4-5H,1H3;2*1H;/q;;;+2/p-2. The minimum atomic E-state index is -0.351. The highest BCUT2D eigenvalue weighted by Crippen LogP contribution is 2.13. The first kappa shape index (κ1) is 12.7. The molecule has 0 amide bonds. The van der Waals surface area contributed by atoms with Gasteiger partial charge in [0.1, 0.15) is 0 Å². The summed E-state index contributed by atoms with van der Waals surface area (Å²) in [7, 11) is 1.42. The third kappa shape index (κ3) is 5.34. The SMILES string of the molecule is COc1c[c]ccc1F.[Br][Mg][Br]. The molecule has 1 rings (SSSR count). The molecule has 1 aromatic carbocycles. The lowest BCUT2D eigenvalue weighted by Gasteiger charge is -1.97. The smallest absolute Gasteiger partial charge is 0.494 e. The molecular weight excluding hydrogens is 303 g/mol. The van der Waals surface area contributed by atoms with E-state index in [1.807, 2.05) is 0 Å². The molecule has 0 aliphatic rings. The third-order valence-corrected chi connectivity index (χ3v) is 0.996. The number of benzene rings is 1. The molecule has 0 saturated heterocycles. The van der Waals surface area contributed by atoms with Crippen molar-refractivity contribution in [3.05, 3.63) is 30.1 Å². The van der Waals surface area contributed by atoms with Crippen molar-refractivity contribution >= 4 is 41.8 Å². The number of hydrogen-bond acceptors (Lipinski definition) is 1. The number of ether oxygens (including phenoxy) is 1. The molecule has 1 nitrogen and oxygen atoms in total. The molecule has 5 heteroatoms. The largest absolute Gasteiger partial charge is 0.560 e. The van der Waals surface area contributed by atoms with E-state index in [1.54, 1.807) is 0 Å². The first-order valence-electron chi connectivity index (χ1n) is 3.07. The predicted octanol–water partition coefficient (Wildman–Crippen LogP) is 2.94. The number of rotatable bonds is 1. The molecule has 0 aromatic heterocycles. The molecule has 0 N–H and O–H groups in total. The fraction of sp³-hybridized carbons (Fsp3) is 0.143. The molecular formula is C7H6Br2FMgO. The lowest BCUT2D eigenvalue weighted by molar-refractivity contribution is 0.386. The van der Waals surface area contributed by atoms with Crippen molar-refractivity contribution in [1.29, 1.82) is 0 Å². The molecule has 63 valence electrons. The predicted molar refractivity (Wildman–Crippen MR) is 55.4 cm³/mol. The van der Waals surface area contributed by atoms with Crippen molar-refractivity contribution in [1.82, 2.24) is 0 Å². The summed E-state index contributed by atoms with van der Waals surface area (Å²) < 4.78 is 17.1. The summed E-state index contributed by atoms with van der Waals surface area (Å²) in [4.78, 5) is 0. The van der Waals surface area contributed by atoms with Crippen molar-refractivity contribution in [3.63, 3.8) is 0 Å². The van der Waals surface area contributed by atoms with Gasteiger partial charge in [-0.05, 0) is 18.2 Å².